The van der Waals surface area contributed by atoms with E-state index in [2.05, 4.69) is 15.2 Å². The molecule has 7 heteroatoms. The van der Waals surface area contributed by atoms with Gasteiger partial charge in [0.05, 0.1) is 0 Å². The van der Waals surface area contributed by atoms with Gasteiger partial charge in [0, 0.05) is 6.26 Å². The molecule has 1 N–H and O–H groups in total. The zero-order chi connectivity index (χ0) is 9.35. The van der Waals surface area contributed by atoms with Crippen LogP contribution in [-0.4, -0.2) is 29.9 Å². The number of aromatic nitrogens is 3. The van der Waals surface area contributed by atoms with Crippen LogP contribution in [0.2, 0.25) is 5.28 Å². The van der Waals surface area contributed by atoms with Crippen molar-refractivity contribution in [2.45, 2.75) is 12.2 Å². The number of hydrogen-bond donors (Lipinski definition) is 1. The van der Waals surface area contributed by atoms with E-state index in [9.17, 15) is 8.42 Å². The van der Waals surface area contributed by atoms with Crippen molar-refractivity contribution >= 4 is 21.4 Å². The maximum atomic E-state index is 11.0. The Balaban J connectivity index is 3.01. The summed E-state index contributed by atoms with van der Waals surface area (Å²) in [6.07, 6.45) is 1.13. The summed E-state index contributed by atoms with van der Waals surface area (Å²) in [5.74, 6) is 0.266. The molecule has 1 atom stereocenters. The van der Waals surface area contributed by atoms with E-state index in [4.69, 9.17) is 11.6 Å². The lowest BCUT2D eigenvalue weighted by Gasteiger charge is -2.03. The molecule has 5 nitrogen and oxygen atoms in total. The Kier molecular flexibility index (Phi) is 2.39. The molecule has 0 saturated heterocycles. The van der Waals surface area contributed by atoms with Crippen molar-refractivity contribution in [1.29, 1.82) is 0 Å². The Bertz CT molecular complexity index is 372. The lowest BCUT2D eigenvalue weighted by atomic mass is 10.5. The molecule has 12 heavy (non-hydrogen) atoms. The van der Waals surface area contributed by atoms with Gasteiger partial charge in [-0.05, 0) is 18.5 Å². The van der Waals surface area contributed by atoms with Gasteiger partial charge in [-0.3, -0.25) is 5.10 Å². The first-order chi connectivity index (χ1) is 5.41. The molecule has 0 amide bonds. The highest BCUT2D eigenvalue weighted by Gasteiger charge is 2.20. The molecule has 0 aromatic carbocycles. The molecular formula is C5H8ClN3O2S. The molecule has 1 aromatic heterocycles. The van der Waals surface area contributed by atoms with Crippen LogP contribution >= 0.6 is 11.6 Å². The molecule has 0 aliphatic rings. The first-order valence-corrected chi connectivity index (χ1v) is 5.51. The van der Waals surface area contributed by atoms with Gasteiger partial charge >= 0.3 is 0 Å². The Morgan fingerprint density at radius 2 is 2.17 bits per heavy atom. The molecule has 0 spiro atoms. The molecule has 1 unspecified atom stereocenters. The van der Waals surface area contributed by atoms with Crippen LogP contribution in [0.25, 0.3) is 0 Å². The number of aromatic amines is 1. The summed E-state index contributed by atoms with van der Waals surface area (Å²) < 4.78 is 22.0. The molecule has 1 rings (SSSR count). The van der Waals surface area contributed by atoms with Crippen molar-refractivity contribution in [2.24, 2.45) is 0 Å². The molecule has 68 valence electrons. The van der Waals surface area contributed by atoms with Crippen LogP contribution in [0.3, 0.4) is 0 Å². The molecule has 0 fully saturated rings. The summed E-state index contributed by atoms with van der Waals surface area (Å²) in [7, 11) is -3.13. The monoisotopic (exact) mass is 209 g/mol. The van der Waals surface area contributed by atoms with Crippen LogP contribution in [0.4, 0.5) is 0 Å². The summed E-state index contributed by atoms with van der Waals surface area (Å²) in [6, 6.07) is 0. The summed E-state index contributed by atoms with van der Waals surface area (Å²) >= 11 is 5.41. The predicted molar refractivity (Wildman–Crippen MR) is 44.7 cm³/mol. The minimum absolute atomic E-state index is 0.0282. The number of nitrogens with zero attached hydrogens (tertiary/aromatic N) is 2. The first-order valence-electron chi connectivity index (χ1n) is 3.18. The van der Waals surface area contributed by atoms with Crippen LogP contribution < -0.4 is 0 Å². The topological polar surface area (TPSA) is 75.7 Å². The summed E-state index contributed by atoms with van der Waals surface area (Å²) in [5.41, 5.74) is 0. The number of halogens is 1. The average molecular weight is 210 g/mol. The first kappa shape index (κ1) is 9.47. The van der Waals surface area contributed by atoms with Crippen LogP contribution in [0.1, 0.15) is 18.0 Å². The maximum absolute atomic E-state index is 11.0. The molecule has 0 aliphatic carbocycles. The van der Waals surface area contributed by atoms with Crippen molar-refractivity contribution in [3.05, 3.63) is 11.1 Å². The second kappa shape index (κ2) is 3.02. The van der Waals surface area contributed by atoms with Crippen LogP contribution in [0.5, 0.6) is 0 Å². The zero-order valence-corrected chi connectivity index (χ0v) is 8.15. The lowest BCUT2D eigenvalue weighted by molar-refractivity contribution is 0.589. The van der Waals surface area contributed by atoms with Gasteiger partial charge in [-0.2, -0.15) is 0 Å². The fraction of sp³-hybridized carbons (Fsp3) is 0.600. The fourth-order valence-corrected chi connectivity index (χ4v) is 1.28. The van der Waals surface area contributed by atoms with E-state index >= 15 is 0 Å². The van der Waals surface area contributed by atoms with E-state index in [1.807, 2.05) is 0 Å². The van der Waals surface area contributed by atoms with E-state index in [0.29, 0.717) is 0 Å². The van der Waals surface area contributed by atoms with E-state index in [1.54, 1.807) is 0 Å². The predicted octanol–water partition coefficient (Wildman–Crippen LogP) is 0.564. The third kappa shape index (κ3) is 1.95. The van der Waals surface area contributed by atoms with Crippen molar-refractivity contribution < 1.29 is 8.42 Å². The highest BCUT2D eigenvalue weighted by Crippen LogP contribution is 2.17. The van der Waals surface area contributed by atoms with Crippen molar-refractivity contribution in [2.75, 3.05) is 6.26 Å². The third-order valence-corrected chi connectivity index (χ3v) is 3.18. The standard InChI is InChI=1S/C5H8ClN3O2S/c1-3(12(2,10)11)4-7-5(6)9-8-4/h3H,1-2H3,(H,7,8,9). The quantitative estimate of drug-likeness (QED) is 0.773. The van der Waals surface area contributed by atoms with Gasteiger partial charge in [-0.25, -0.2) is 13.4 Å². The van der Waals surface area contributed by atoms with Gasteiger partial charge in [0.15, 0.2) is 9.84 Å². The normalized spacial score (nSPS) is 14.6. The van der Waals surface area contributed by atoms with E-state index in [-0.39, 0.29) is 11.1 Å². The average Bonchev–Trinajstić information content (AvgIpc) is 2.32. The summed E-state index contributed by atoms with van der Waals surface area (Å²) in [4.78, 5) is 3.70. The Labute approximate surface area is 75.1 Å². The minimum Gasteiger partial charge on any atom is -0.261 e. The van der Waals surface area contributed by atoms with Crippen LogP contribution in [0, 0.1) is 0 Å². The molecule has 1 aromatic rings. The van der Waals surface area contributed by atoms with Gasteiger partial charge in [0.1, 0.15) is 11.1 Å². The lowest BCUT2D eigenvalue weighted by Crippen LogP contribution is -2.09. The van der Waals surface area contributed by atoms with E-state index in [0.717, 1.165) is 6.26 Å². The third-order valence-electron chi connectivity index (χ3n) is 1.50. The van der Waals surface area contributed by atoms with Crippen LogP contribution in [0.15, 0.2) is 0 Å². The minimum atomic E-state index is -3.13. The van der Waals surface area contributed by atoms with Gasteiger partial charge in [0.2, 0.25) is 5.28 Å². The van der Waals surface area contributed by atoms with Gasteiger partial charge < -0.3 is 0 Å². The molecular weight excluding hydrogens is 202 g/mol. The SMILES string of the molecule is CC(c1nc(Cl)n[nH]1)S(C)(=O)=O. The molecule has 0 saturated carbocycles. The number of nitrogens with one attached hydrogen (secondary N) is 1. The highest BCUT2D eigenvalue weighted by atomic mass is 35.5. The van der Waals surface area contributed by atoms with Gasteiger partial charge in [0.25, 0.3) is 0 Å². The van der Waals surface area contributed by atoms with Crippen molar-refractivity contribution in [3.8, 4) is 0 Å². The second-order valence-corrected chi connectivity index (χ2v) is 5.17. The number of rotatable bonds is 2. The maximum Gasteiger partial charge on any atom is 0.242 e. The van der Waals surface area contributed by atoms with E-state index < -0.39 is 15.1 Å². The Morgan fingerprint density at radius 1 is 1.58 bits per heavy atom. The van der Waals surface area contributed by atoms with Gasteiger partial charge in [-0.15, -0.1) is 5.10 Å². The summed E-state index contributed by atoms with van der Waals surface area (Å²) in [5, 5.41) is 5.29. The smallest absolute Gasteiger partial charge is 0.242 e. The Morgan fingerprint density at radius 3 is 2.50 bits per heavy atom. The molecule has 0 radical (unpaired) electrons. The molecule has 0 bridgehead atoms. The number of hydrogen-bond acceptors (Lipinski definition) is 4. The number of sulfone groups is 1. The van der Waals surface area contributed by atoms with Gasteiger partial charge in [-0.1, -0.05) is 0 Å². The molecule has 1 heterocycles. The summed E-state index contributed by atoms with van der Waals surface area (Å²) in [6.45, 7) is 1.52. The van der Waals surface area contributed by atoms with E-state index in [1.165, 1.54) is 6.92 Å². The molecule has 0 aliphatic heterocycles. The Hall–Kier alpha value is -0.620. The number of H-pyrrole nitrogens is 1. The highest BCUT2D eigenvalue weighted by molar-refractivity contribution is 7.90. The van der Waals surface area contributed by atoms with Crippen LogP contribution in [-0.2, 0) is 9.84 Å². The largest absolute Gasteiger partial charge is 0.261 e. The zero-order valence-electron chi connectivity index (χ0n) is 6.57. The van der Waals surface area contributed by atoms with Crippen molar-refractivity contribution in [3.63, 3.8) is 0 Å². The van der Waals surface area contributed by atoms with Crippen molar-refractivity contribution in [1.82, 2.24) is 15.2 Å². The fourth-order valence-electron chi connectivity index (χ4n) is 0.637. The second-order valence-electron chi connectivity index (χ2n) is 2.46.